The van der Waals surface area contributed by atoms with Gasteiger partial charge in [-0.3, -0.25) is 0 Å². The number of nitrogens with zero attached hydrogens (tertiary/aromatic N) is 2. The topological polar surface area (TPSA) is 37.4 Å². The van der Waals surface area contributed by atoms with Gasteiger partial charge in [0.2, 0.25) is 0 Å². The summed E-state index contributed by atoms with van der Waals surface area (Å²) in [6.45, 7) is 9.40. The zero-order valence-electron chi connectivity index (χ0n) is 12.7. The lowest BCUT2D eigenvalue weighted by Crippen LogP contribution is -2.44. The number of rotatable bonds is 3. The maximum atomic E-state index is 5.92. The Hall–Kier alpha value is -1.13. The first-order chi connectivity index (χ1) is 9.51. The number of pyridine rings is 1. The van der Waals surface area contributed by atoms with Crippen molar-refractivity contribution in [2.45, 2.75) is 57.9 Å². The van der Waals surface area contributed by atoms with Crippen LogP contribution in [0.15, 0.2) is 18.3 Å². The summed E-state index contributed by atoms with van der Waals surface area (Å²) < 4.78 is 5.92. The lowest BCUT2D eigenvalue weighted by Gasteiger charge is -2.34. The van der Waals surface area contributed by atoms with E-state index in [9.17, 15) is 0 Å². The molecule has 1 N–H and O–H groups in total. The summed E-state index contributed by atoms with van der Waals surface area (Å²) in [6.07, 6.45) is 5.10. The molecule has 2 aliphatic heterocycles. The molecule has 2 fully saturated rings. The Bertz CT molecular complexity index is 457. The number of ether oxygens (including phenoxy) is 1. The van der Waals surface area contributed by atoms with Gasteiger partial charge in [-0.15, -0.1) is 0 Å². The van der Waals surface area contributed by atoms with Crippen molar-refractivity contribution in [3.63, 3.8) is 0 Å². The summed E-state index contributed by atoms with van der Waals surface area (Å²) in [5.74, 6) is 1.13. The third-order valence-corrected chi connectivity index (χ3v) is 4.02. The van der Waals surface area contributed by atoms with Gasteiger partial charge in [0.15, 0.2) is 0 Å². The molecule has 2 saturated heterocycles. The molecular weight excluding hydrogens is 250 g/mol. The van der Waals surface area contributed by atoms with Crippen molar-refractivity contribution in [3.8, 4) is 0 Å². The molecule has 0 aliphatic carbocycles. The largest absolute Gasteiger partial charge is 0.371 e. The van der Waals surface area contributed by atoms with Crippen LogP contribution in [0.2, 0.25) is 0 Å². The van der Waals surface area contributed by atoms with E-state index in [2.05, 4.69) is 42.0 Å². The van der Waals surface area contributed by atoms with Crippen molar-refractivity contribution in [2.24, 2.45) is 0 Å². The normalized spacial score (nSPS) is 26.1. The molecule has 0 aromatic carbocycles. The zero-order chi connectivity index (χ0) is 14.2. The minimum atomic E-state index is 0.122. The van der Waals surface area contributed by atoms with Crippen LogP contribution in [0.25, 0.3) is 0 Å². The number of nitrogens with one attached hydrogen (secondary N) is 1. The number of hydrogen-bond acceptors (Lipinski definition) is 4. The fourth-order valence-electron chi connectivity index (χ4n) is 3.00. The SMILES string of the molecule is CC(C)(C)NCc1cccnc1N1CC2CCC(C1)O2. The molecule has 3 heterocycles. The molecule has 0 amide bonds. The van der Waals surface area contributed by atoms with Crippen LogP contribution in [0.3, 0.4) is 0 Å². The van der Waals surface area contributed by atoms with Gasteiger partial charge in [-0.25, -0.2) is 4.98 Å². The van der Waals surface area contributed by atoms with Crippen LogP contribution in [0.4, 0.5) is 5.82 Å². The molecular formula is C16H25N3O. The molecule has 3 rings (SSSR count). The average Bonchev–Trinajstić information content (AvgIpc) is 2.75. The molecule has 0 spiro atoms. The second-order valence-electron chi connectivity index (χ2n) is 6.95. The molecule has 20 heavy (non-hydrogen) atoms. The third-order valence-electron chi connectivity index (χ3n) is 4.02. The van der Waals surface area contributed by atoms with Gasteiger partial charge in [0.05, 0.1) is 12.2 Å². The highest BCUT2D eigenvalue weighted by Gasteiger charge is 2.34. The molecule has 1 aromatic rings. The third kappa shape index (κ3) is 3.13. The highest BCUT2D eigenvalue weighted by Crippen LogP contribution is 2.30. The van der Waals surface area contributed by atoms with Crippen molar-refractivity contribution in [3.05, 3.63) is 23.9 Å². The molecule has 0 radical (unpaired) electrons. The van der Waals surface area contributed by atoms with Gasteiger partial charge in [0.25, 0.3) is 0 Å². The smallest absolute Gasteiger partial charge is 0.133 e. The molecule has 110 valence electrons. The maximum absolute atomic E-state index is 5.92. The number of hydrogen-bond donors (Lipinski definition) is 1. The first-order valence-corrected chi connectivity index (χ1v) is 7.60. The van der Waals surface area contributed by atoms with Crippen molar-refractivity contribution < 1.29 is 4.74 Å². The van der Waals surface area contributed by atoms with Crippen LogP contribution in [0, 0.1) is 0 Å². The summed E-state index contributed by atoms with van der Waals surface area (Å²) >= 11 is 0. The first-order valence-electron chi connectivity index (χ1n) is 7.60. The van der Waals surface area contributed by atoms with Crippen molar-refractivity contribution in [1.29, 1.82) is 0 Å². The second kappa shape index (κ2) is 5.34. The standard InChI is InChI=1S/C16H25N3O/c1-16(2,3)18-9-12-5-4-8-17-15(12)19-10-13-6-7-14(11-19)20-13/h4-5,8,13-14,18H,6-7,9-11H2,1-3H3. The van der Waals surface area contributed by atoms with E-state index in [-0.39, 0.29) is 5.54 Å². The summed E-state index contributed by atoms with van der Waals surface area (Å²) in [5, 5.41) is 3.56. The second-order valence-corrected chi connectivity index (χ2v) is 6.95. The minimum Gasteiger partial charge on any atom is -0.371 e. The predicted octanol–water partition coefficient (Wildman–Crippen LogP) is 2.34. The summed E-state index contributed by atoms with van der Waals surface area (Å²) in [4.78, 5) is 7.04. The minimum absolute atomic E-state index is 0.122. The van der Waals surface area contributed by atoms with Crippen LogP contribution in [0.1, 0.15) is 39.2 Å². The molecule has 4 heteroatoms. The Morgan fingerprint density at radius 3 is 2.65 bits per heavy atom. The quantitative estimate of drug-likeness (QED) is 0.919. The Balaban J connectivity index is 1.75. The highest BCUT2D eigenvalue weighted by atomic mass is 16.5. The molecule has 2 atom stereocenters. The van der Waals surface area contributed by atoms with Gasteiger partial charge >= 0.3 is 0 Å². The van der Waals surface area contributed by atoms with E-state index >= 15 is 0 Å². The van der Waals surface area contributed by atoms with E-state index in [1.54, 1.807) is 0 Å². The van der Waals surface area contributed by atoms with Crippen LogP contribution in [-0.2, 0) is 11.3 Å². The van der Waals surface area contributed by atoms with Crippen molar-refractivity contribution in [2.75, 3.05) is 18.0 Å². The molecule has 2 bridgehead atoms. The average molecular weight is 275 g/mol. The monoisotopic (exact) mass is 275 g/mol. The Morgan fingerprint density at radius 2 is 2.00 bits per heavy atom. The lowest BCUT2D eigenvalue weighted by atomic mass is 10.1. The van der Waals surface area contributed by atoms with Crippen LogP contribution in [-0.4, -0.2) is 35.8 Å². The number of fused-ring (bicyclic) bond motifs is 2. The number of aromatic nitrogens is 1. The fraction of sp³-hybridized carbons (Fsp3) is 0.688. The van der Waals surface area contributed by atoms with E-state index in [0.717, 1.165) is 25.5 Å². The maximum Gasteiger partial charge on any atom is 0.133 e. The van der Waals surface area contributed by atoms with E-state index in [0.29, 0.717) is 12.2 Å². The zero-order valence-corrected chi connectivity index (χ0v) is 12.7. The van der Waals surface area contributed by atoms with Crippen LogP contribution in [0.5, 0.6) is 0 Å². The van der Waals surface area contributed by atoms with Gasteiger partial charge in [0.1, 0.15) is 5.82 Å². The Kier molecular flexibility index (Phi) is 3.69. The Morgan fingerprint density at radius 1 is 1.30 bits per heavy atom. The lowest BCUT2D eigenvalue weighted by molar-refractivity contribution is 0.0301. The Labute approximate surface area is 121 Å². The van der Waals surface area contributed by atoms with Gasteiger partial charge in [-0.1, -0.05) is 6.07 Å². The summed E-state index contributed by atoms with van der Waals surface area (Å²) in [5.41, 5.74) is 1.40. The first kappa shape index (κ1) is 13.8. The van der Waals surface area contributed by atoms with E-state index in [1.807, 2.05) is 12.3 Å². The van der Waals surface area contributed by atoms with E-state index < -0.39 is 0 Å². The van der Waals surface area contributed by atoms with Gasteiger partial charge in [-0.2, -0.15) is 0 Å². The van der Waals surface area contributed by atoms with Crippen molar-refractivity contribution in [1.82, 2.24) is 10.3 Å². The fourth-order valence-corrected chi connectivity index (χ4v) is 3.00. The predicted molar refractivity (Wildman–Crippen MR) is 80.9 cm³/mol. The van der Waals surface area contributed by atoms with Crippen LogP contribution < -0.4 is 10.2 Å². The van der Waals surface area contributed by atoms with E-state index in [4.69, 9.17) is 4.74 Å². The van der Waals surface area contributed by atoms with Crippen molar-refractivity contribution >= 4 is 5.82 Å². The molecule has 4 nitrogen and oxygen atoms in total. The molecule has 1 aromatic heterocycles. The van der Waals surface area contributed by atoms with E-state index in [1.165, 1.54) is 18.4 Å². The summed E-state index contributed by atoms with van der Waals surface area (Å²) in [7, 11) is 0. The summed E-state index contributed by atoms with van der Waals surface area (Å²) in [6, 6.07) is 4.21. The van der Waals surface area contributed by atoms with Gasteiger partial charge in [-0.05, 0) is 39.7 Å². The van der Waals surface area contributed by atoms with Crippen LogP contribution >= 0.6 is 0 Å². The molecule has 2 aliphatic rings. The molecule has 2 unspecified atom stereocenters. The van der Waals surface area contributed by atoms with Gasteiger partial charge < -0.3 is 15.0 Å². The highest BCUT2D eigenvalue weighted by molar-refractivity contribution is 5.47. The molecule has 0 saturated carbocycles. The number of anilines is 1. The number of morpholine rings is 1. The van der Waals surface area contributed by atoms with Gasteiger partial charge in [0, 0.05) is 36.9 Å².